The average Bonchev–Trinajstić information content (AvgIpc) is 2.39. The zero-order valence-electron chi connectivity index (χ0n) is 11.9. The molecule has 1 aliphatic heterocycles. The Morgan fingerprint density at radius 1 is 1.29 bits per heavy atom. The fourth-order valence-electron chi connectivity index (χ4n) is 2.27. The molecule has 0 spiro atoms. The summed E-state index contributed by atoms with van der Waals surface area (Å²) in [4.78, 5) is 2.04. The van der Waals surface area contributed by atoms with Gasteiger partial charge in [-0.3, -0.25) is 0 Å². The SMILES string of the molecule is CC1CN(C(=S)Nc2ccc(OC(F)F)cc2)CC(C)O1. The van der Waals surface area contributed by atoms with Crippen LogP contribution in [-0.2, 0) is 4.74 Å². The van der Waals surface area contributed by atoms with Crippen molar-refractivity contribution in [2.75, 3.05) is 18.4 Å². The number of nitrogens with zero attached hydrogens (tertiary/aromatic N) is 1. The van der Waals surface area contributed by atoms with Gasteiger partial charge >= 0.3 is 6.61 Å². The highest BCUT2D eigenvalue weighted by Crippen LogP contribution is 2.19. The van der Waals surface area contributed by atoms with E-state index in [9.17, 15) is 8.78 Å². The maximum absolute atomic E-state index is 12.1. The van der Waals surface area contributed by atoms with Crippen LogP contribution >= 0.6 is 12.2 Å². The summed E-state index contributed by atoms with van der Waals surface area (Å²) in [6.07, 6.45) is 0.241. The first kappa shape index (κ1) is 15.9. The summed E-state index contributed by atoms with van der Waals surface area (Å²) in [5, 5.41) is 3.69. The number of thiocarbonyl (C=S) groups is 1. The maximum Gasteiger partial charge on any atom is 0.387 e. The first-order valence-electron chi connectivity index (χ1n) is 6.70. The summed E-state index contributed by atoms with van der Waals surface area (Å²) in [6.45, 7) is 2.64. The number of alkyl halides is 2. The number of ether oxygens (including phenoxy) is 2. The molecule has 1 aliphatic rings. The van der Waals surface area contributed by atoms with Crippen molar-refractivity contribution in [3.63, 3.8) is 0 Å². The van der Waals surface area contributed by atoms with Crippen LogP contribution in [0.3, 0.4) is 0 Å². The molecule has 116 valence electrons. The Hall–Kier alpha value is -1.47. The van der Waals surface area contributed by atoms with E-state index in [1.54, 1.807) is 12.1 Å². The second-order valence-electron chi connectivity index (χ2n) is 5.00. The lowest BCUT2D eigenvalue weighted by molar-refractivity contribution is -0.0498. The molecule has 2 unspecified atom stereocenters. The van der Waals surface area contributed by atoms with E-state index in [-0.39, 0.29) is 18.0 Å². The molecule has 7 heteroatoms. The summed E-state index contributed by atoms with van der Waals surface area (Å²) < 4.78 is 34.1. The van der Waals surface area contributed by atoms with Gasteiger partial charge in [0.25, 0.3) is 0 Å². The molecule has 1 aromatic rings. The van der Waals surface area contributed by atoms with Gasteiger partial charge in [0.05, 0.1) is 12.2 Å². The van der Waals surface area contributed by atoms with E-state index in [4.69, 9.17) is 17.0 Å². The van der Waals surface area contributed by atoms with Crippen LogP contribution in [0.25, 0.3) is 0 Å². The number of hydrogen-bond donors (Lipinski definition) is 1. The van der Waals surface area contributed by atoms with Crippen molar-refractivity contribution in [1.29, 1.82) is 0 Å². The number of benzene rings is 1. The predicted molar refractivity (Wildman–Crippen MR) is 80.9 cm³/mol. The standard InChI is InChI=1S/C14H18F2N2O2S/c1-9-7-18(8-10(2)19-9)14(21)17-11-3-5-12(6-4-11)20-13(15)16/h3-6,9-10,13H,7-8H2,1-2H3,(H,17,21). The first-order chi connectivity index (χ1) is 9.94. The first-order valence-corrected chi connectivity index (χ1v) is 7.11. The molecule has 2 rings (SSSR count). The van der Waals surface area contributed by atoms with Gasteiger partial charge < -0.3 is 19.7 Å². The molecular weight excluding hydrogens is 298 g/mol. The van der Waals surface area contributed by atoms with Crippen LogP contribution in [0.5, 0.6) is 5.75 Å². The zero-order chi connectivity index (χ0) is 15.4. The molecule has 0 radical (unpaired) electrons. The highest BCUT2D eigenvalue weighted by atomic mass is 32.1. The van der Waals surface area contributed by atoms with Crippen LogP contribution in [-0.4, -0.2) is 41.9 Å². The van der Waals surface area contributed by atoms with Crippen molar-refractivity contribution >= 4 is 23.0 Å². The monoisotopic (exact) mass is 316 g/mol. The van der Waals surface area contributed by atoms with Crippen LogP contribution in [0.1, 0.15) is 13.8 Å². The third-order valence-corrected chi connectivity index (χ3v) is 3.40. The van der Waals surface area contributed by atoms with Crippen LogP contribution in [0.4, 0.5) is 14.5 Å². The molecular formula is C14H18F2N2O2S. The minimum absolute atomic E-state index is 0.120. The Morgan fingerprint density at radius 3 is 2.38 bits per heavy atom. The molecule has 1 heterocycles. The molecule has 0 aliphatic carbocycles. The normalized spacial score (nSPS) is 22.2. The molecule has 0 aromatic heterocycles. The smallest absolute Gasteiger partial charge is 0.387 e. The Bertz CT molecular complexity index is 474. The molecule has 4 nitrogen and oxygen atoms in total. The molecule has 0 bridgehead atoms. The van der Waals surface area contributed by atoms with Gasteiger partial charge in [0, 0.05) is 18.8 Å². The van der Waals surface area contributed by atoms with Gasteiger partial charge in [-0.1, -0.05) is 0 Å². The van der Waals surface area contributed by atoms with Gasteiger partial charge in [0.15, 0.2) is 5.11 Å². The number of hydrogen-bond acceptors (Lipinski definition) is 3. The van der Waals surface area contributed by atoms with Crippen molar-refractivity contribution in [3.05, 3.63) is 24.3 Å². The Morgan fingerprint density at radius 2 is 1.86 bits per heavy atom. The van der Waals surface area contributed by atoms with Crippen molar-refractivity contribution in [2.24, 2.45) is 0 Å². The van der Waals surface area contributed by atoms with Crippen LogP contribution in [0.15, 0.2) is 24.3 Å². The van der Waals surface area contributed by atoms with E-state index in [1.807, 2.05) is 18.7 Å². The van der Waals surface area contributed by atoms with E-state index in [0.29, 0.717) is 5.11 Å². The van der Waals surface area contributed by atoms with Gasteiger partial charge in [0.2, 0.25) is 0 Å². The largest absolute Gasteiger partial charge is 0.435 e. The lowest BCUT2D eigenvalue weighted by atomic mass is 10.2. The molecule has 21 heavy (non-hydrogen) atoms. The van der Waals surface area contributed by atoms with Gasteiger partial charge in [-0.05, 0) is 50.3 Å². The van der Waals surface area contributed by atoms with Crippen molar-refractivity contribution in [2.45, 2.75) is 32.7 Å². The molecule has 0 saturated carbocycles. The van der Waals surface area contributed by atoms with Crippen molar-refractivity contribution in [3.8, 4) is 5.75 Å². The molecule has 1 fully saturated rings. The minimum atomic E-state index is -2.82. The lowest BCUT2D eigenvalue weighted by Gasteiger charge is -2.36. The number of anilines is 1. The second-order valence-corrected chi connectivity index (χ2v) is 5.38. The van der Waals surface area contributed by atoms with E-state index in [0.717, 1.165) is 18.8 Å². The number of halogens is 2. The van der Waals surface area contributed by atoms with Crippen molar-refractivity contribution in [1.82, 2.24) is 4.90 Å². The summed E-state index contributed by atoms with van der Waals surface area (Å²) in [5.41, 5.74) is 0.730. The molecule has 1 N–H and O–H groups in total. The third kappa shape index (κ3) is 4.78. The number of rotatable bonds is 3. The molecule has 1 aromatic carbocycles. The van der Waals surface area contributed by atoms with Gasteiger partial charge in [-0.2, -0.15) is 8.78 Å². The summed E-state index contributed by atoms with van der Waals surface area (Å²) in [7, 11) is 0. The Balaban J connectivity index is 1.93. The Labute approximate surface area is 128 Å². The quantitative estimate of drug-likeness (QED) is 0.867. The van der Waals surface area contributed by atoms with E-state index < -0.39 is 6.61 Å². The fraction of sp³-hybridized carbons (Fsp3) is 0.500. The Kier molecular flexibility index (Phi) is 5.30. The highest BCUT2D eigenvalue weighted by Gasteiger charge is 2.23. The molecule has 2 atom stereocenters. The fourth-order valence-corrected chi connectivity index (χ4v) is 2.53. The van der Waals surface area contributed by atoms with E-state index in [2.05, 4.69) is 10.1 Å². The highest BCUT2D eigenvalue weighted by molar-refractivity contribution is 7.80. The lowest BCUT2D eigenvalue weighted by Crippen LogP contribution is -2.49. The van der Waals surface area contributed by atoms with E-state index in [1.165, 1.54) is 12.1 Å². The van der Waals surface area contributed by atoms with Crippen molar-refractivity contribution < 1.29 is 18.3 Å². The number of nitrogens with one attached hydrogen (secondary N) is 1. The molecule has 1 saturated heterocycles. The van der Waals surface area contributed by atoms with Crippen LogP contribution in [0.2, 0.25) is 0 Å². The third-order valence-electron chi connectivity index (χ3n) is 3.04. The summed E-state index contributed by atoms with van der Waals surface area (Å²) in [5.74, 6) is 0.120. The van der Waals surface area contributed by atoms with Crippen LogP contribution < -0.4 is 10.1 Å². The summed E-state index contributed by atoms with van der Waals surface area (Å²) in [6, 6.07) is 6.25. The van der Waals surface area contributed by atoms with Gasteiger partial charge in [0.1, 0.15) is 5.75 Å². The summed E-state index contributed by atoms with van der Waals surface area (Å²) >= 11 is 5.37. The van der Waals surface area contributed by atoms with Gasteiger partial charge in [-0.25, -0.2) is 0 Å². The van der Waals surface area contributed by atoms with Gasteiger partial charge in [-0.15, -0.1) is 0 Å². The average molecular weight is 316 g/mol. The zero-order valence-corrected chi connectivity index (χ0v) is 12.7. The predicted octanol–water partition coefficient (Wildman–Crippen LogP) is 3.09. The topological polar surface area (TPSA) is 33.7 Å². The second kappa shape index (κ2) is 7.00. The number of morpholine rings is 1. The van der Waals surface area contributed by atoms with E-state index >= 15 is 0 Å². The molecule has 0 amide bonds. The maximum atomic E-state index is 12.1. The van der Waals surface area contributed by atoms with Crippen LogP contribution in [0, 0.1) is 0 Å². The minimum Gasteiger partial charge on any atom is -0.435 e.